The third-order valence-corrected chi connectivity index (χ3v) is 13.7. The number of hydrogen-bond acceptors (Lipinski definition) is 10. The predicted octanol–water partition coefficient (Wildman–Crippen LogP) is 8.06. The molecule has 80 heavy (non-hydrogen) atoms. The van der Waals surface area contributed by atoms with E-state index in [9.17, 15) is 0 Å². The normalized spacial score (nSPS) is 14.5. The van der Waals surface area contributed by atoms with Crippen molar-refractivity contribution in [1.82, 2.24) is 31.9 Å². The Labute approximate surface area is 491 Å². The van der Waals surface area contributed by atoms with Crippen LogP contribution in [0.4, 0.5) is 0 Å². The standard InChI is InChI=1S/C34H34N4.C18H28B2O4.C14H15BrN2.CH4.H2/c1-35-16-6-10-27-20-28(11-7-17-36-2)23-33(22-27)31-14-5-15-32(26-31)34-24-29(12-8-18-37-3)21-30(25-34)13-9-19-38-4;1-15(2)16(3,4)22-19(21-15)13-10-9-11-14(12-13)20-23-17(5,6)18(7,8)24-20;1-16-7-3-5-12-9-13(6-4-8-17-2)11-14(15)10-12;;/h5,14-15,20-26,35-38H,16-19H2,1-4H3;9-12H,1-8H3;9-11,16-17H,7-8H2,1-2H3;1H4;1H/i;;;;1+1. The number of hydrogen-bond donors (Lipinski definition) is 6. The van der Waals surface area contributed by atoms with Gasteiger partial charge in [0, 0.05) is 39.3 Å². The largest absolute Gasteiger partial charge is 0.494 e. The van der Waals surface area contributed by atoms with Gasteiger partial charge in [-0.25, -0.2) is 0 Å². The molecule has 7 rings (SSSR count). The van der Waals surface area contributed by atoms with E-state index in [1.165, 1.54) is 0 Å². The molecule has 2 fully saturated rings. The molecule has 5 aromatic carbocycles. The molecule has 418 valence electrons. The first-order valence-electron chi connectivity index (χ1n) is 26.6. The summed E-state index contributed by atoms with van der Waals surface area (Å²) in [4.78, 5) is 0. The van der Waals surface area contributed by atoms with Gasteiger partial charge in [-0.1, -0.05) is 137 Å². The molecule has 0 unspecified atom stereocenters. The van der Waals surface area contributed by atoms with E-state index in [0.717, 1.165) is 71.0 Å². The maximum atomic E-state index is 6.15. The SMILES string of the molecule is C.CC1(C)OB(c2cccc(B3OC(C)(C)C(C)(C)O3)c2)OC1(C)C.CNCC#Cc1cc(Br)cc(C#CCNC)c1.CNCC#Cc1cc(C#CCNC)cc(-c2cccc(-c3cc(C#CCNC)cc(C#CCNC)c3)c2)c1.[2HH]. The van der Waals surface area contributed by atoms with Gasteiger partial charge in [0.2, 0.25) is 0 Å². The Hall–Kier alpha value is -6.33. The molecule has 2 aliphatic rings. The van der Waals surface area contributed by atoms with Gasteiger partial charge in [-0.2, -0.15) is 0 Å². The Morgan fingerprint density at radius 3 is 0.875 bits per heavy atom. The molecular weight excluding hydrogens is 1050 g/mol. The second kappa shape index (κ2) is 32.2. The molecule has 0 bridgehead atoms. The van der Waals surface area contributed by atoms with Gasteiger partial charge < -0.3 is 50.5 Å². The lowest BCUT2D eigenvalue weighted by molar-refractivity contribution is 0.00578. The number of nitrogens with one attached hydrogen (secondary N) is 6. The van der Waals surface area contributed by atoms with Crippen LogP contribution < -0.4 is 42.8 Å². The Morgan fingerprint density at radius 2 is 0.613 bits per heavy atom. The summed E-state index contributed by atoms with van der Waals surface area (Å²) >= 11 is 3.46. The third-order valence-electron chi connectivity index (χ3n) is 13.2. The molecule has 0 radical (unpaired) electrons. The minimum Gasteiger partial charge on any atom is -0.399 e. The summed E-state index contributed by atoms with van der Waals surface area (Å²) in [5, 5.41) is 18.3. The predicted molar refractivity (Wildman–Crippen MR) is 343 cm³/mol. The van der Waals surface area contributed by atoms with Crippen molar-refractivity contribution in [1.29, 1.82) is 0 Å². The minimum atomic E-state index is -0.377. The average molecular weight is 1140 g/mol. The van der Waals surface area contributed by atoms with Crippen molar-refractivity contribution in [3.05, 3.63) is 141 Å². The summed E-state index contributed by atoms with van der Waals surface area (Å²) in [6, 6.07) is 35.2. The number of benzene rings is 5. The highest BCUT2D eigenvalue weighted by atomic mass is 79.9. The zero-order valence-corrected chi connectivity index (χ0v) is 50.3. The average Bonchev–Trinajstić information content (AvgIpc) is 3.78. The van der Waals surface area contributed by atoms with Crippen molar-refractivity contribution in [2.24, 2.45) is 0 Å². The molecule has 0 atom stereocenters. The summed E-state index contributed by atoms with van der Waals surface area (Å²) in [6.07, 6.45) is 0. The van der Waals surface area contributed by atoms with Gasteiger partial charge in [-0.05, 0) is 192 Å². The van der Waals surface area contributed by atoms with E-state index in [1.54, 1.807) is 0 Å². The summed E-state index contributed by atoms with van der Waals surface area (Å²) < 4.78 is 25.6. The molecule has 0 aliphatic carbocycles. The summed E-state index contributed by atoms with van der Waals surface area (Å²) in [6.45, 7) is 20.4. The first kappa shape index (κ1) is 66.2. The highest BCUT2D eigenvalue weighted by Crippen LogP contribution is 2.38. The molecule has 0 aromatic heterocycles. The van der Waals surface area contributed by atoms with Gasteiger partial charge >= 0.3 is 14.2 Å². The van der Waals surface area contributed by atoms with Crippen molar-refractivity contribution in [3.63, 3.8) is 0 Å². The Balaban J connectivity index is 0.000000343. The van der Waals surface area contributed by atoms with Gasteiger partial charge in [-0.3, -0.25) is 0 Å². The van der Waals surface area contributed by atoms with Crippen LogP contribution >= 0.6 is 15.9 Å². The van der Waals surface area contributed by atoms with E-state index in [2.05, 4.69) is 229 Å². The molecule has 5 aromatic rings. The summed E-state index contributed by atoms with van der Waals surface area (Å²) in [7, 11) is 10.6. The van der Waals surface area contributed by atoms with E-state index < -0.39 is 0 Å². The lowest BCUT2D eigenvalue weighted by Crippen LogP contribution is -2.41. The van der Waals surface area contributed by atoms with Crippen LogP contribution in [0.2, 0.25) is 0 Å². The third kappa shape index (κ3) is 20.0. The van der Waals surface area contributed by atoms with Crippen LogP contribution in [0.15, 0.2) is 108 Å². The van der Waals surface area contributed by atoms with Crippen LogP contribution in [0.5, 0.6) is 0 Å². The monoisotopic (exact) mass is 1140 g/mol. The molecule has 0 saturated carbocycles. The van der Waals surface area contributed by atoms with Crippen molar-refractivity contribution >= 4 is 41.1 Å². The van der Waals surface area contributed by atoms with E-state index >= 15 is 0 Å². The topological polar surface area (TPSA) is 109 Å². The summed E-state index contributed by atoms with van der Waals surface area (Å²) in [5.41, 5.74) is 10.7. The molecule has 0 spiro atoms. The van der Waals surface area contributed by atoms with Gasteiger partial charge in [0.1, 0.15) is 0 Å². The lowest BCUT2D eigenvalue weighted by atomic mass is 9.72. The van der Waals surface area contributed by atoms with E-state index in [0.29, 0.717) is 39.3 Å². The molecule has 2 saturated heterocycles. The van der Waals surface area contributed by atoms with Gasteiger partial charge in [0.25, 0.3) is 0 Å². The van der Waals surface area contributed by atoms with E-state index in [4.69, 9.17) is 18.6 Å². The zero-order chi connectivity index (χ0) is 57.5. The number of rotatable bonds is 10. The van der Waals surface area contributed by atoms with Crippen molar-refractivity contribution < 1.29 is 20.0 Å². The Bertz CT molecular complexity index is 2960. The van der Waals surface area contributed by atoms with Crippen molar-refractivity contribution in [3.8, 4) is 93.3 Å². The van der Waals surface area contributed by atoms with Crippen molar-refractivity contribution in [2.45, 2.75) is 85.2 Å². The van der Waals surface area contributed by atoms with Crippen LogP contribution in [-0.4, -0.2) is 118 Å². The quantitative estimate of drug-likeness (QED) is 0.0608. The highest BCUT2D eigenvalue weighted by molar-refractivity contribution is 9.10. The molecule has 2 heterocycles. The maximum Gasteiger partial charge on any atom is 0.494 e. The Kier molecular flexibility index (Phi) is 26.6. The smallest absolute Gasteiger partial charge is 0.399 e. The van der Waals surface area contributed by atoms with Gasteiger partial charge in [0.05, 0.1) is 61.7 Å². The summed E-state index contributed by atoms with van der Waals surface area (Å²) in [5.74, 6) is 37.9. The number of halogens is 1. The second-order valence-corrected chi connectivity index (χ2v) is 21.7. The molecule has 13 heteroatoms. The zero-order valence-electron chi connectivity index (χ0n) is 48.7. The van der Waals surface area contributed by atoms with Gasteiger partial charge in [0.15, 0.2) is 0 Å². The van der Waals surface area contributed by atoms with Crippen molar-refractivity contribution in [2.75, 3.05) is 81.6 Å². The van der Waals surface area contributed by atoms with E-state index in [1.807, 2.05) is 90.8 Å². The molecule has 0 amide bonds. The Morgan fingerprint density at radius 1 is 0.362 bits per heavy atom. The maximum absolute atomic E-state index is 6.15. The molecule has 2 aliphatic heterocycles. The molecule has 10 nitrogen and oxygen atoms in total. The van der Waals surface area contributed by atoms with E-state index in [-0.39, 0.29) is 45.5 Å². The van der Waals surface area contributed by atoms with Gasteiger partial charge in [-0.15, -0.1) is 0 Å². The van der Waals surface area contributed by atoms with Crippen LogP contribution in [-0.2, 0) is 18.6 Å². The minimum absolute atomic E-state index is 0. The highest BCUT2D eigenvalue weighted by Gasteiger charge is 2.53. The van der Waals surface area contributed by atoms with Crippen LogP contribution in [0.25, 0.3) is 22.3 Å². The lowest BCUT2D eigenvalue weighted by Gasteiger charge is -2.32. The molecule has 6 N–H and O–H groups in total. The first-order chi connectivity index (χ1) is 37.8. The molecular formula is C67H83B2BrN6O4. The fraction of sp³-hybridized carbons (Fsp3) is 0.373. The first-order valence-corrected chi connectivity index (χ1v) is 27.4. The second-order valence-electron chi connectivity index (χ2n) is 20.7. The van der Waals surface area contributed by atoms with Crippen LogP contribution in [0.1, 0.15) is 97.6 Å². The fourth-order valence-corrected chi connectivity index (χ4v) is 8.20. The van der Waals surface area contributed by atoms with Crippen LogP contribution in [0, 0.1) is 71.0 Å². The fourth-order valence-electron chi connectivity index (χ4n) is 7.71. The van der Waals surface area contributed by atoms with Crippen LogP contribution in [0.3, 0.4) is 0 Å².